The first-order valence-corrected chi connectivity index (χ1v) is 6.32. The lowest BCUT2D eigenvalue weighted by molar-refractivity contribution is -0.122. The fraction of sp³-hybridized carbons (Fsp3) is 0.583. The smallest absolute Gasteiger partial charge is 0.339 e. The Bertz CT molecular complexity index is 479. The normalized spacial score (nSPS) is 14.4. The van der Waals surface area contributed by atoms with E-state index in [4.69, 9.17) is 5.11 Å². The van der Waals surface area contributed by atoms with Gasteiger partial charge in [-0.1, -0.05) is 0 Å². The third kappa shape index (κ3) is 3.54. The third-order valence-corrected chi connectivity index (χ3v) is 3.13. The van der Waals surface area contributed by atoms with Gasteiger partial charge in [-0.3, -0.25) is 9.48 Å². The maximum absolute atomic E-state index is 11.4. The minimum absolute atomic E-state index is 0.119. The monoisotopic (exact) mass is 266 g/mol. The van der Waals surface area contributed by atoms with Crippen LogP contribution in [0, 0.1) is 5.92 Å². The SMILES string of the molecule is Cn1ncc(C(=O)O)c1CNCCNC(=O)C1CC1. The second kappa shape index (κ2) is 5.83. The molecule has 2 rings (SSSR count). The first-order valence-electron chi connectivity index (χ1n) is 6.32. The van der Waals surface area contributed by atoms with Gasteiger partial charge in [0, 0.05) is 32.6 Å². The van der Waals surface area contributed by atoms with Crippen molar-refractivity contribution in [1.29, 1.82) is 0 Å². The first-order chi connectivity index (χ1) is 9.09. The van der Waals surface area contributed by atoms with Gasteiger partial charge in [0.05, 0.1) is 11.9 Å². The first kappa shape index (κ1) is 13.5. The number of aromatic carboxylic acids is 1. The van der Waals surface area contributed by atoms with Crippen LogP contribution in [0.3, 0.4) is 0 Å². The summed E-state index contributed by atoms with van der Waals surface area (Å²) in [5.41, 5.74) is 0.832. The van der Waals surface area contributed by atoms with Gasteiger partial charge < -0.3 is 15.7 Å². The van der Waals surface area contributed by atoms with E-state index in [1.54, 1.807) is 11.7 Å². The molecule has 1 saturated carbocycles. The van der Waals surface area contributed by atoms with Crippen LogP contribution >= 0.6 is 0 Å². The topological polar surface area (TPSA) is 96.2 Å². The van der Waals surface area contributed by atoms with Crippen molar-refractivity contribution in [3.05, 3.63) is 17.5 Å². The van der Waals surface area contributed by atoms with E-state index in [9.17, 15) is 9.59 Å². The van der Waals surface area contributed by atoms with Gasteiger partial charge in [-0.15, -0.1) is 0 Å². The van der Waals surface area contributed by atoms with Crippen molar-refractivity contribution >= 4 is 11.9 Å². The maximum atomic E-state index is 11.4. The molecule has 0 radical (unpaired) electrons. The lowest BCUT2D eigenvalue weighted by atomic mass is 10.2. The zero-order valence-electron chi connectivity index (χ0n) is 10.8. The summed E-state index contributed by atoms with van der Waals surface area (Å²) in [7, 11) is 1.71. The molecule has 0 saturated heterocycles. The number of carbonyl (C=O) groups excluding carboxylic acids is 1. The zero-order chi connectivity index (χ0) is 13.8. The minimum Gasteiger partial charge on any atom is -0.478 e. The average Bonchev–Trinajstić information content (AvgIpc) is 3.14. The lowest BCUT2D eigenvalue weighted by Crippen LogP contribution is -2.33. The van der Waals surface area contributed by atoms with Gasteiger partial charge in [-0.25, -0.2) is 4.79 Å². The second-order valence-electron chi connectivity index (χ2n) is 4.68. The van der Waals surface area contributed by atoms with Crippen LogP contribution in [-0.2, 0) is 18.4 Å². The summed E-state index contributed by atoms with van der Waals surface area (Å²) in [5.74, 6) is -0.642. The van der Waals surface area contributed by atoms with Gasteiger partial charge in [0.15, 0.2) is 0 Å². The zero-order valence-corrected chi connectivity index (χ0v) is 10.8. The predicted octanol–water partition coefficient (Wildman–Crippen LogP) is -0.266. The van der Waals surface area contributed by atoms with Crippen LogP contribution in [0.4, 0.5) is 0 Å². The van der Waals surface area contributed by atoms with Gasteiger partial charge in [0.25, 0.3) is 0 Å². The Labute approximate surface area is 111 Å². The number of carbonyl (C=O) groups is 2. The van der Waals surface area contributed by atoms with Crippen molar-refractivity contribution < 1.29 is 14.7 Å². The van der Waals surface area contributed by atoms with E-state index in [1.165, 1.54) is 6.20 Å². The van der Waals surface area contributed by atoms with Crippen molar-refractivity contribution in [3.63, 3.8) is 0 Å². The highest BCUT2D eigenvalue weighted by atomic mass is 16.4. The fourth-order valence-electron chi connectivity index (χ4n) is 1.82. The summed E-state index contributed by atoms with van der Waals surface area (Å²) in [5, 5.41) is 18.8. The molecule has 1 aromatic heterocycles. The molecule has 19 heavy (non-hydrogen) atoms. The largest absolute Gasteiger partial charge is 0.478 e. The number of rotatable bonds is 7. The Morgan fingerprint density at radius 3 is 2.84 bits per heavy atom. The Morgan fingerprint density at radius 2 is 2.21 bits per heavy atom. The fourth-order valence-corrected chi connectivity index (χ4v) is 1.82. The molecule has 0 aliphatic heterocycles. The number of nitrogens with one attached hydrogen (secondary N) is 2. The van der Waals surface area contributed by atoms with Crippen LogP contribution in [0.5, 0.6) is 0 Å². The highest BCUT2D eigenvalue weighted by Gasteiger charge is 2.28. The Kier molecular flexibility index (Phi) is 4.16. The van der Waals surface area contributed by atoms with Gasteiger partial charge in [0.1, 0.15) is 5.56 Å². The van der Waals surface area contributed by atoms with Crippen molar-refractivity contribution in [2.45, 2.75) is 19.4 Å². The summed E-state index contributed by atoms with van der Waals surface area (Å²) in [6.07, 6.45) is 3.33. The summed E-state index contributed by atoms with van der Waals surface area (Å²) in [4.78, 5) is 22.3. The minimum atomic E-state index is -0.980. The van der Waals surface area contributed by atoms with E-state index in [0.717, 1.165) is 12.8 Å². The van der Waals surface area contributed by atoms with E-state index in [2.05, 4.69) is 15.7 Å². The van der Waals surface area contributed by atoms with Crippen LogP contribution < -0.4 is 10.6 Å². The van der Waals surface area contributed by atoms with Crippen LogP contribution in [0.1, 0.15) is 28.9 Å². The highest BCUT2D eigenvalue weighted by molar-refractivity contribution is 5.88. The Morgan fingerprint density at radius 1 is 1.47 bits per heavy atom. The molecule has 1 aliphatic carbocycles. The molecule has 1 heterocycles. The standard InChI is InChI=1S/C12H18N4O3/c1-16-10(9(6-15-16)12(18)19)7-13-4-5-14-11(17)8-2-3-8/h6,8,13H,2-5,7H2,1H3,(H,14,17)(H,18,19). The van der Waals surface area contributed by atoms with Gasteiger partial charge in [-0.05, 0) is 12.8 Å². The van der Waals surface area contributed by atoms with Gasteiger partial charge in [-0.2, -0.15) is 5.10 Å². The second-order valence-corrected chi connectivity index (χ2v) is 4.68. The molecule has 104 valence electrons. The Hall–Kier alpha value is -1.89. The Balaban J connectivity index is 1.71. The summed E-state index contributed by atoms with van der Waals surface area (Å²) >= 11 is 0. The van der Waals surface area contributed by atoms with Crippen LogP contribution in [0.25, 0.3) is 0 Å². The highest BCUT2D eigenvalue weighted by Crippen LogP contribution is 2.28. The molecule has 1 aromatic rings. The van der Waals surface area contributed by atoms with Crippen LogP contribution in [0.2, 0.25) is 0 Å². The van der Waals surface area contributed by atoms with E-state index in [0.29, 0.717) is 25.3 Å². The van der Waals surface area contributed by atoms with E-state index in [1.807, 2.05) is 0 Å². The van der Waals surface area contributed by atoms with Crippen LogP contribution in [0.15, 0.2) is 6.20 Å². The van der Waals surface area contributed by atoms with Gasteiger partial charge in [0.2, 0.25) is 5.91 Å². The maximum Gasteiger partial charge on any atom is 0.339 e. The lowest BCUT2D eigenvalue weighted by Gasteiger charge is -2.07. The number of aryl methyl sites for hydroxylation is 1. The predicted molar refractivity (Wildman–Crippen MR) is 67.6 cm³/mol. The molecule has 0 spiro atoms. The molecular formula is C12H18N4O3. The molecule has 1 amide bonds. The van der Waals surface area contributed by atoms with Gasteiger partial charge >= 0.3 is 5.97 Å². The number of hydrogen-bond donors (Lipinski definition) is 3. The molecular weight excluding hydrogens is 248 g/mol. The number of aromatic nitrogens is 2. The number of carboxylic acid groups (broad SMARTS) is 1. The van der Waals surface area contributed by atoms with Crippen molar-refractivity contribution in [1.82, 2.24) is 20.4 Å². The molecule has 1 fully saturated rings. The van der Waals surface area contributed by atoms with E-state index in [-0.39, 0.29) is 17.4 Å². The van der Waals surface area contributed by atoms with Crippen LogP contribution in [-0.4, -0.2) is 39.9 Å². The molecule has 0 atom stereocenters. The van der Waals surface area contributed by atoms with Crippen molar-refractivity contribution in [2.75, 3.05) is 13.1 Å². The quantitative estimate of drug-likeness (QED) is 0.591. The van der Waals surface area contributed by atoms with E-state index >= 15 is 0 Å². The summed E-state index contributed by atoms with van der Waals surface area (Å²) < 4.78 is 1.54. The third-order valence-electron chi connectivity index (χ3n) is 3.13. The summed E-state index contributed by atoms with van der Waals surface area (Å²) in [6.45, 7) is 1.57. The number of hydrogen-bond acceptors (Lipinski definition) is 4. The number of carboxylic acids is 1. The molecule has 3 N–H and O–H groups in total. The molecule has 0 aromatic carbocycles. The molecule has 7 nitrogen and oxygen atoms in total. The van der Waals surface area contributed by atoms with Crippen molar-refractivity contribution in [2.24, 2.45) is 13.0 Å². The number of nitrogens with zero attached hydrogens (tertiary/aromatic N) is 2. The molecule has 0 bridgehead atoms. The number of amides is 1. The molecule has 1 aliphatic rings. The van der Waals surface area contributed by atoms with E-state index < -0.39 is 5.97 Å². The van der Waals surface area contributed by atoms with Crippen molar-refractivity contribution in [3.8, 4) is 0 Å². The summed E-state index contributed by atoms with van der Waals surface area (Å²) in [6, 6.07) is 0. The average molecular weight is 266 g/mol. The molecule has 7 heteroatoms. The molecule has 0 unspecified atom stereocenters.